The molecule has 0 aliphatic carbocycles. The fourth-order valence-electron chi connectivity index (χ4n) is 2.97. The van der Waals surface area contributed by atoms with Gasteiger partial charge in [0.05, 0.1) is 23.9 Å². The van der Waals surface area contributed by atoms with Crippen LogP contribution in [0.2, 0.25) is 0 Å². The molecule has 4 nitrogen and oxygen atoms in total. The molecule has 1 N–H and O–H groups in total. The van der Waals surface area contributed by atoms with Gasteiger partial charge in [0.2, 0.25) is 0 Å². The highest BCUT2D eigenvalue weighted by Crippen LogP contribution is 2.32. The Bertz CT molecular complexity index is 399. The van der Waals surface area contributed by atoms with Gasteiger partial charge in [-0.15, -0.1) is 11.3 Å². The first-order valence-electron chi connectivity index (χ1n) is 6.68. The fraction of sp³-hybridized carbons (Fsp3) is 0.769. The van der Waals surface area contributed by atoms with E-state index in [1.54, 1.807) is 11.3 Å². The standard InChI is InChI=1S/C13H21N3OS/c1-11-15-12(7-18-11)6-16-4-2-13(9-16)8-14-3-5-17-10-13/h7,14H,2-6,8-10H2,1H3. The molecule has 100 valence electrons. The van der Waals surface area contributed by atoms with Crippen LogP contribution in [0.1, 0.15) is 17.1 Å². The van der Waals surface area contributed by atoms with Gasteiger partial charge in [0.1, 0.15) is 0 Å². The summed E-state index contributed by atoms with van der Waals surface area (Å²) in [7, 11) is 0. The van der Waals surface area contributed by atoms with Crippen molar-refractivity contribution in [3.63, 3.8) is 0 Å². The molecule has 18 heavy (non-hydrogen) atoms. The van der Waals surface area contributed by atoms with Crippen LogP contribution in [0, 0.1) is 12.3 Å². The van der Waals surface area contributed by atoms with Crippen LogP contribution in [0.3, 0.4) is 0 Å². The lowest BCUT2D eigenvalue weighted by Crippen LogP contribution is -2.38. The molecule has 0 bridgehead atoms. The van der Waals surface area contributed by atoms with E-state index in [4.69, 9.17) is 4.74 Å². The lowest BCUT2D eigenvalue weighted by Gasteiger charge is -2.26. The Kier molecular flexibility index (Phi) is 3.66. The number of nitrogens with zero attached hydrogens (tertiary/aromatic N) is 2. The molecular formula is C13H21N3OS. The number of hydrogen-bond acceptors (Lipinski definition) is 5. The minimum atomic E-state index is 0.335. The summed E-state index contributed by atoms with van der Waals surface area (Å²) in [6, 6.07) is 0. The summed E-state index contributed by atoms with van der Waals surface area (Å²) >= 11 is 1.74. The maximum absolute atomic E-state index is 5.73. The maximum Gasteiger partial charge on any atom is 0.0897 e. The second-order valence-electron chi connectivity index (χ2n) is 5.55. The molecule has 1 unspecified atom stereocenters. The molecule has 2 aliphatic rings. The van der Waals surface area contributed by atoms with Gasteiger partial charge in [-0.25, -0.2) is 4.98 Å². The molecule has 2 fully saturated rings. The largest absolute Gasteiger partial charge is 0.379 e. The quantitative estimate of drug-likeness (QED) is 0.875. The summed E-state index contributed by atoms with van der Waals surface area (Å²) in [6.07, 6.45) is 1.24. The molecule has 1 spiro atoms. The zero-order valence-corrected chi connectivity index (χ0v) is 11.8. The summed E-state index contributed by atoms with van der Waals surface area (Å²) in [5.74, 6) is 0. The first kappa shape index (κ1) is 12.5. The molecule has 1 aromatic rings. The van der Waals surface area contributed by atoms with Gasteiger partial charge in [0.25, 0.3) is 0 Å². The Hall–Kier alpha value is -0.490. The van der Waals surface area contributed by atoms with E-state index in [-0.39, 0.29) is 0 Å². The highest BCUT2D eigenvalue weighted by atomic mass is 32.1. The van der Waals surface area contributed by atoms with E-state index in [1.165, 1.54) is 23.7 Å². The number of aryl methyl sites for hydroxylation is 1. The number of rotatable bonds is 2. The second-order valence-corrected chi connectivity index (χ2v) is 6.61. The van der Waals surface area contributed by atoms with Gasteiger partial charge in [-0.1, -0.05) is 0 Å². The summed E-state index contributed by atoms with van der Waals surface area (Å²) in [5.41, 5.74) is 1.55. The summed E-state index contributed by atoms with van der Waals surface area (Å²) < 4.78 is 5.73. The number of aromatic nitrogens is 1. The Morgan fingerprint density at radius 1 is 1.61 bits per heavy atom. The van der Waals surface area contributed by atoms with Gasteiger partial charge in [-0.05, 0) is 19.9 Å². The van der Waals surface area contributed by atoms with E-state index in [1.807, 2.05) is 0 Å². The van der Waals surface area contributed by atoms with Crippen molar-refractivity contribution in [2.75, 3.05) is 39.4 Å². The molecule has 5 heteroatoms. The van der Waals surface area contributed by atoms with Crippen LogP contribution in [0.4, 0.5) is 0 Å². The molecule has 1 aromatic heterocycles. The second kappa shape index (κ2) is 5.25. The average molecular weight is 267 g/mol. The summed E-state index contributed by atoms with van der Waals surface area (Å²) in [4.78, 5) is 7.07. The average Bonchev–Trinajstić information content (AvgIpc) is 2.83. The van der Waals surface area contributed by atoms with Crippen molar-refractivity contribution in [1.29, 1.82) is 0 Å². The molecule has 2 saturated heterocycles. The molecule has 3 heterocycles. The van der Waals surface area contributed by atoms with Crippen LogP contribution < -0.4 is 5.32 Å². The lowest BCUT2D eigenvalue weighted by molar-refractivity contribution is 0.0727. The van der Waals surface area contributed by atoms with Crippen LogP contribution in [0.25, 0.3) is 0 Å². The van der Waals surface area contributed by atoms with Gasteiger partial charge in [0.15, 0.2) is 0 Å². The fourth-order valence-corrected chi connectivity index (χ4v) is 3.58. The van der Waals surface area contributed by atoms with E-state index in [9.17, 15) is 0 Å². The topological polar surface area (TPSA) is 37.4 Å². The third-order valence-corrected chi connectivity index (χ3v) is 4.72. The van der Waals surface area contributed by atoms with Crippen LogP contribution in [0.5, 0.6) is 0 Å². The molecule has 2 aliphatic heterocycles. The number of thiazole rings is 1. The van der Waals surface area contributed by atoms with E-state index >= 15 is 0 Å². The Morgan fingerprint density at radius 3 is 3.39 bits per heavy atom. The monoisotopic (exact) mass is 267 g/mol. The van der Waals surface area contributed by atoms with Crippen molar-refractivity contribution in [1.82, 2.24) is 15.2 Å². The third kappa shape index (κ3) is 2.74. The number of likely N-dealkylation sites (tertiary alicyclic amines) is 1. The molecule has 3 rings (SSSR count). The first-order valence-corrected chi connectivity index (χ1v) is 7.56. The number of ether oxygens (including phenoxy) is 1. The predicted molar refractivity (Wildman–Crippen MR) is 72.9 cm³/mol. The Balaban J connectivity index is 1.60. The van der Waals surface area contributed by atoms with Crippen LogP contribution in [-0.4, -0.2) is 49.3 Å². The Morgan fingerprint density at radius 2 is 2.56 bits per heavy atom. The molecule has 1 atom stereocenters. The van der Waals surface area contributed by atoms with Crippen molar-refractivity contribution < 1.29 is 4.74 Å². The molecule has 0 aromatic carbocycles. The molecule has 0 amide bonds. The molecule has 0 radical (unpaired) electrons. The van der Waals surface area contributed by atoms with Gasteiger partial charge in [-0.2, -0.15) is 0 Å². The highest BCUT2D eigenvalue weighted by molar-refractivity contribution is 7.09. The number of nitrogens with one attached hydrogen (secondary N) is 1. The minimum absolute atomic E-state index is 0.335. The maximum atomic E-state index is 5.73. The zero-order chi connectivity index (χ0) is 12.4. The smallest absolute Gasteiger partial charge is 0.0897 e. The number of hydrogen-bond donors (Lipinski definition) is 1. The summed E-state index contributed by atoms with van der Waals surface area (Å²) in [6.45, 7) is 9.22. The van der Waals surface area contributed by atoms with Crippen LogP contribution in [0.15, 0.2) is 5.38 Å². The van der Waals surface area contributed by atoms with Gasteiger partial charge in [0, 0.05) is 37.0 Å². The van der Waals surface area contributed by atoms with E-state index in [0.717, 1.165) is 39.4 Å². The zero-order valence-electron chi connectivity index (χ0n) is 10.9. The molecule has 0 saturated carbocycles. The predicted octanol–water partition coefficient (Wildman–Crippen LogP) is 1.26. The van der Waals surface area contributed by atoms with E-state index in [0.29, 0.717) is 5.41 Å². The normalized spacial score (nSPS) is 29.8. The van der Waals surface area contributed by atoms with Crippen molar-refractivity contribution in [3.05, 3.63) is 16.1 Å². The minimum Gasteiger partial charge on any atom is -0.379 e. The van der Waals surface area contributed by atoms with Crippen molar-refractivity contribution >= 4 is 11.3 Å². The van der Waals surface area contributed by atoms with Crippen molar-refractivity contribution in [2.45, 2.75) is 19.9 Å². The highest BCUT2D eigenvalue weighted by Gasteiger charge is 2.39. The van der Waals surface area contributed by atoms with Crippen molar-refractivity contribution in [3.8, 4) is 0 Å². The SMILES string of the molecule is Cc1nc(CN2CCC3(CNCCOC3)C2)cs1. The lowest BCUT2D eigenvalue weighted by atomic mass is 9.88. The van der Waals surface area contributed by atoms with E-state index < -0.39 is 0 Å². The summed E-state index contributed by atoms with van der Waals surface area (Å²) in [5, 5.41) is 6.85. The van der Waals surface area contributed by atoms with Crippen molar-refractivity contribution in [2.24, 2.45) is 5.41 Å². The molecular weight excluding hydrogens is 246 g/mol. The van der Waals surface area contributed by atoms with Crippen LogP contribution in [-0.2, 0) is 11.3 Å². The van der Waals surface area contributed by atoms with Gasteiger partial charge < -0.3 is 10.1 Å². The third-order valence-electron chi connectivity index (χ3n) is 3.90. The first-order chi connectivity index (χ1) is 8.76. The van der Waals surface area contributed by atoms with Gasteiger partial charge in [-0.3, -0.25) is 4.90 Å². The van der Waals surface area contributed by atoms with E-state index in [2.05, 4.69) is 27.5 Å². The van der Waals surface area contributed by atoms with Gasteiger partial charge >= 0.3 is 0 Å². The van der Waals surface area contributed by atoms with Crippen LogP contribution >= 0.6 is 11.3 Å². The Labute approximate surface area is 112 Å².